The minimum atomic E-state index is -3.69. The molecule has 2 N–H and O–H groups in total. The fourth-order valence-electron chi connectivity index (χ4n) is 10.3. The van der Waals surface area contributed by atoms with Gasteiger partial charge in [0.1, 0.15) is 11.6 Å². The van der Waals surface area contributed by atoms with E-state index in [4.69, 9.17) is 57.9 Å². The summed E-state index contributed by atoms with van der Waals surface area (Å²) in [6.07, 6.45) is 22.8. The van der Waals surface area contributed by atoms with E-state index in [1.165, 1.54) is 25.0 Å². The first kappa shape index (κ1) is 80.7. The fourth-order valence-corrected chi connectivity index (χ4v) is 13.6. The van der Waals surface area contributed by atoms with E-state index in [2.05, 4.69) is 25.1 Å². The molecule has 5 aliphatic carbocycles. The third-order valence-corrected chi connectivity index (χ3v) is 20.0. The van der Waals surface area contributed by atoms with Gasteiger partial charge in [0.25, 0.3) is 19.2 Å². The second-order valence-electron chi connectivity index (χ2n) is 20.4. The Morgan fingerprint density at radius 2 is 0.805 bits per heavy atom. The van der Waals surface area contributed by atoms with E-state index < -0.39 is 25.0 Å². The number of benzene rings is 2. The van der Waals surface area contributed by atoms with Gasteiger partial charge in [0.2, 0.25) is 0 Å². The average molecular weight is 1290 g/mol. The van der Waals surface area contributed by atoms with Crippen molar-refractivity contribution in [2.75, 3.05) is 78.7 Å². The van der Waals surface area contributed by atoms with E-state index in [1.807, 2.05) is 37.4 Å². The number of aliphatic hydroxyl groups excluding tert-OH is 2. The Kier molecular flexibility index (Phi) is 40.4. The van der Waals surface area contributed by atoms with E-state index in [-0.39, 0.29) is 108 Å². The number of rotatable bonds is 6. The monoisotopic (exact) mass is 1290 g/mol. The van der Waals surface area contributed by atoms with E-state index in [9.17, 15) is 31.5 Å². The summed E-state index contributed by atoms with van der Waals surface area (Å²) in [4.78, 5) is 22.0. The number of hydrogen-bond donors (Lipinski definition) is 2. The molecule has 0 atom stereocenters. The van der Waals surface area contributed by atoms with Crippen molar-refractivity contribution in [1.82, 2.24) is 0 Å². The first-order valence-corrected chi connectivity index (χ1v) is 34.6. The summed E-state index contributed by atoms with van der Waals surface area (Å²) in [5.74, 6) is -0.526. The van der Waals surface area contributed by atoms with Crippen molar-refractivity contribution in [3.05, 3.63) is 59.7 Å². The summed E-state index contributed by atoms with van der Waals surface area (Å²) >= 11 is 7.96. The largest absolute Gasteiger partial charge is 1.00 e. The Morgan fingerprint density at radius 1 is 0.512 bits per heavy atom. The Labute approximate surface area is 556 Å². The van der Waals surface area contributed by atoms with Crippen LogP contribution in [-0.4, -0.2) is 172 Å². The Morgan fingerprint density at radius 3 is 1.15 bits per heavy atom. The van der Waals surface area contributed by atoms with Crippen LogP contribution >= 0.6 is 34.2 Å². The molecular weight excluding hydrogens is 1200 g/mol. The van der Waals surface area contributed by atoms with Crippen LogP contribution in [0.25, 0.3) is 0 Å². The number of thioether (sulfide) groups is 2. The van der Waals surface area contributed by atoms with E-state index in [0.29, 0.717) is 76.5 Å². The summed E-state index contributed by atoms with van der Waals surface area (Å²) in [5, 5.41) is 17.8. The van der Waals surface area contributed by atoms with Crippen LogP contribution in [-0.2, 0) is 83.5 Å². The molecule has 0 bridgehead atoms. The third-order valence-electron chi connectivity index (χ3n) is 15.0. The molecule has 2 aromatic carbocycles. The zero-order valence-corrected chi connectivity index (χ0v) is 58.6. The van der Waals surface area contributed by atoms with Gasteiger partial charge in [-0.1, -0.05) is 35.4 Å². The van der Waals surface area contributed by atoms with Crippen LogP contribution in [0, 0.1) is 13.8 Å². The van der Waals surface area contributed by atoms with Crippen LogP contribution in [0.3, 0.4) is 0 Å². The molecule has 0 unspecified atom stereocenters. The van der Waals surface area contributed by atoms with Gasteiger partial charge in [-0.3, -0.25) is 13.8 Å². The van der Waals surface area contributed by atoms with E-state index in [1.54, 1.807) is 42.7 Å². The quantitative estimate of drug-likeness (QED) is 0.183. The molecule has 5 saturated carbocycles. The zero-order valence-electron chi connectivity index (χ0n) is 50.7. The maximum absolute atomic E-state index is 12.2. The topological polar surface area (TPSA) is 226 Å². The average Bonchev–Trinajstić information content (AvgIpc) is 4.35. The molecule has 82 heavy (non-hydrogen) atoms. The summed E-state index contributed by atoms with van der Waals surface area (Å²) in [7, 11) is -1.16. The van der Waals surface area contributed by atoms with Crippen molar-refractivity contribution in [3.8, 4) is 0 Å². The zero-order chi connectivity index (χ0) is 58.0. The van der Waals surface area contributed by atoms with Crippen molar-refractivity contribution in [3.63, 3.8) is 0 Å². The summed E-state index contributed by atoms with van der Waals surface area (Å²) in [6.45, 7) is 9.44. The standard InChI is InChI=1S/C15H20O5S.C9H16O2S.C8H14O3.C8H12O3.C7H7ClO2S.C7H12OS.CH4O.CH4S.B.2Na.H/c1-12-2-4-14(5-3-12)21(16,17)20-13-6-8-15(9-7-13)18-10-11-19-15;1-12-8-2-4-9(5-3-8)10-6-7-11-9;2*9-7-1-3-8(4-2-7)10-5-6-11-8;1-6-2-4-7(5-3-6)11(8,9)10;1-9-7-4-2-6(8)3-5-7;2*1-2;;;;/h2-5,13H,6-11H2,1H3;8H,2-7H2,1H3;7,9H,1-6H2;1-6H2;2-5H,1H3;7H,2-5H2,1H3;2*2H,1H3;;;;/q;;;;;;;;;2*+1;-1/p-1. The Balaban J connectivity index is 0.000000973. The number of halogens is 1. The molecule has 0 amide bonds. The smallest absolute Gasteiger partial charge is 1.00 e. The molecule has 457 valence electrons. The molecule has 4 heterocycles. The second kappa shape index (κ2) is 41.1. The summed E-state index contributed by atoms with van der Waals surface area (Å²) in [6, 6.07) is 13.1. The molecule has 26 heteroatoms. The first-order valence-electron chi connectivity index (χ1n) is 27.5. The Bertz CT molecular complexity index is 2260. The van der Waals surface area contributed by atoms with Gasteiger partial charge < -0.3 is 62.2 Å². The Hall–Kier alpha value is 0.645. The number of carbonyl (C=O) groups is 2. The van der Waals surface area contributed by atoms with Crippen LogP contribution in [0.1, 0.15) is 141 Å². The molecule has 0 aromatic heterocycles. The van der Waals surface area contributed by atoms with E-state index >= 15 is 0 Å². The molecule has 4 saturated heterocycles. The maximum Gasteiger partial charge on any atom is 1.00 e. The van der Waals surface area contributed by atoms with Gasteiger partial charge in [-0.15, -0.1) is 0 Å². The number of Topliss-reactive ketones (excluding diaryl/α,β-unsaturated/α-hetero) is 2. The van der Waals surface area contributed by atoms with Crippen LogP contribution in [0.15, 0.2) is 58.3 Å². The summed E-state index contributed by atoms with van der Waals surface area (Å²) < 4.78 is 95.7. The fraction of sp³-hybridized carbons (Fsp3) is 0.750. The molecule has 11 rings (SSSR count). The third kappa shape index (κ3) is 27.8. The molecular formula is C56H89BClNa2O17S5. The normalized spacial score (nSPS) is 23.8. The van der Waals surface area contributed by atoms with Crippen LogP contribution in [0.5, 0.6) is 0 Å². The molecule has 9 fully saturated rings. The van der Waals surface area contributed by atoms with Crippen molar-refractivity contribution >= 4 is 86.0 Å². The minimum absolute atomic E-state index is 0. The molecule has 3 radical (unpaired) electrons. The summed E-state index contributed by atoms with van der Waals surface area (Å²) in [5.41, 5.74) is 2.03. The van der Waals surface area contributed by atoms with Gasteiger partial charge in [-0.2, -0.15) is 38.2 Å². The van der Waals surface area contributed by atoms with Crippen molar-refractivity contribution in [1.29, 1.82) is 0 Å². The van der Waals surface area contributed by atoms with Crippen LogP contribution in [0.2, 0.25) is 0 Å². The maximum atomic E-state index is 12.2. The first-order chi connectivity index (χ1) is 37.8. The van der Waals surface area contributed by atoms with Crippen LogP contribution < -0.4 is 59.1 Å². The predicted octanol–water partition coefficient (Wildman–Crippen LogP) is 3.25. The van der Waals surface area contributed by atoms with Gasteiger partial charge in [0.05, 0.1) is 74.9 Å². The van der Waals surface area contributed by atoms with Gasteiger partial charge >= 0.3 is 59.1 Å². The van der Waals surface area contributed by atoms with E-state index in [0.717, 1.165) is 132 Å². The molecule has 4 spiro atoms. The van der Waals surface area contributed by atoms with Gasteiger partial charge in [0.15, 0.2) is 23.1 Å². The van der Waals surface area contributed by atoms with Crippen molar-refractivity contribution < 1.29 is 139 Å². The number of hydrogen-bond acceptors (Lipinski definition) is 20. The van der Waals surface area contributed by atoms with Crippen molar-refractivity contribution in [2.45, 2.75) is 198 Å². The number of aryl methyl sites for hydroxylation is 2. The molecule has 17 nitrogen and oxygen atoms in total. The number of ether oxygens (including phenoxy) is 8. The molecule has 2 aromatic rings. The van der Waals surface area contributed by atoms with Crippen molar-refractivity contribution in [2.24, 2.45) is 0 Å². The van der Waals surface area contributed by atoms with Gasteiger partial charge in [-0.25, -0.2) is 8.42 Å². The minimum Gasteiger partial charge on any atom is -1.00 e. The number of carbonyl (C=O) groups excluding carboxylic acids is 2. The second-order valence-corrected chi connectivity index (χ2v) is 26.8. The van der Waals surface area contributed by atoms with Gasteiger partial charge in [0, 0.05) is 114 Å². The molecule has 4 aliphatic heterocycles. The number of ketones is 2. The van der Waals surface area contributed by atoms with Crippen LogP contribution in [0.4, 0.5) is 0 Å². The number of aliphatic hydroxyl groups is 2. The SMILES string of the molecule is CO.CSC1CCC(=O)CC1.CSC1CCC2(CC1)OCCO2.C[S-].Cc1ccc(S(=O)(=O)Cl)cc1.Cc1ccc(S(=O)(=O)OC2CCC3(CC2)OCCO3)cc1.O=C1CCC2(CC1)OCCO2.OC1CCC2(CC1)OCCO2.[B].[H-].[Na+].[Na+]. The molecule has 9 aliphatic rings. The van der Waals surface area contributed by atoms with Gasteiger partial charge in [-0.05, 0) is 102 Å². The predicted molar refractivity (Wildman–Crippen MR) is 317 cm³/mol.